The van der Waals surface area contributed by atoms with E-state index in [-0.39, 0.29) is 31.3 Å². The van der Waals surface area contributed by atoms with Crippen molar-refractivity contribution in [2.75, 3.05) is 18.6 Å². The quantitative estimate of drug-likeness (QED) is 0.677. The SMILES string of the molecule is COC(=O)C1Cc2ccccc2N1C(=O)C1CC(=O)N(Cc2cccc(C(F)(F)F)c2)C1. The number of rotatable bonds is 4. The number of fused-ring (bicyclic) bond motifs is 1. The van der Waals surface area contributed by atoms with Crippen molar-refractivity contribution in [3.8, 4) is 0 Å². The van der Waals surface area contributed by atoms with Crippen molar-refractivity contribution in [2.24, 2.45) is 5.92 Å². The van der Waals surface area contributed by atoms with E-state index < -0.39 is 29.7 Å². The van der Waals surface area contributed by atoms with Crippen LogP contribution in [0.5, 0.6) is 0 Å². The maximum atomic E-state index is 13.4. The van der Waals surface area contributed by atoms with Gasteiger partial charge in [0.2, 0.25) is 11.8 Å². The van der Waals surface area contributed by atoms with Crippen molar-refractivity contribution in [3.63, 3.8) is 0 Å². The Morgan fingerprint density at radius 2 is 1.84 bits per heavy atom. The van der Waals surface area contributed by atoms with E-state index in [9.17, 15) is 27.6 Å². The van der Waals surface area contributed by atoms with Gasteiger partial charge in [-0.25, -0.2) is 4.79 Å². The second-order valence-electron chi connectivity index (χ2n) is 7.95. The predicted octanol–water partition coefficient (Wildman–Crippen LogP) is 3.18. The van der Waals surface area contributed by atoms with Gasteiger partial charge in [-0.1, -0.05) is 30.3 Å². The topological polar surface area (TPSA) is 66.9 Å². The van der Waals surface area contributed by atoms with Crippen molar-refractivity contribution >= 4 is 23.5 Å². The fourth-order valence-corrected chi connectivity index (χ4v) is 4.34. The summed E-state index contributed by atoms with van der Waals surface area (Å²) in [5, 5.41) is 0. The zero-order valence-corrected chi connectivity index (χ0v) is 17.3. The molecule has 1 fully saturated rings. The number of benzene rings is 2. The molecule has 0 aliphatic carbocycles. The highest BCUT2D eigenvalue weighted by Gasteiger charge is 2.44. The Labute approximate surface area is 182 Å². The molecule has 0 aromatic heterocycles. The number of carbonyl (C=O) groups excluding carboxylic acids is 3. The number of nitrogens with zero attached hydrogens (tertiary/aromatic N) is 2. The van der Waals surface area contributed by atoms with Crippen LogP contribution in [0.1, 0.15) is 23.1 Å². The molecular weight excluding hydrogens is 425 g/mol. The highest BCUT2D eigenvalue weighted by atomic mass is 19.4. The molecule has 2 aromatic rings. The van der Waals surface area contributed by atoms with E-state index in [1.54, 1.807) is 12.1 Å². The molecule has 2 aromatic carbocycles. The number of hydrogen-bond acceptors (Lipinski definition) is 4. The molecule has 2 heterocycles. The van der Waals surface area contributed by atoms with Crippen LogP contribution in [0.25, 0.3) is 0 Å². The summed E-state index contributed by atoms with van der Waals surface area (Å²) in [5.74, 6) is -1.93. The molecule has 2 atom stereocenters. The lowest BCUT2D eigenvalue weighted by Crippen LogP contribution is -2.46. The number of carbonyl (C=O) groups is 3. The monoisotopic (exact) mass is 446 g/mol. The van der Waals surface area contributed by atoms with Crippen LogP contribution in [0, 0.1) is 5.92 Å². The van der Waals surface area contributed by atoms with Crippen LogP contribution in [0.4, 0.5) is 18.9 Å². The van der Waals surface area contributed by atoms with Crippen LogP contribution in [0.2, 0.25) is 0 Å². The minimum Gasteiger partial charge on any atom is -0.467 e. The first-order chi connectivity index (χ1) is 15.2. The lowest BCUT2D eigenvalue weighted by Gasteiger charge is -2.26. The number of esters is 1. The summed E-state index contributed by atoms with van der Waals surface area (Å²) in [6, 6.07) is 11.1. The standard InChI is InChI=1S/C23H21F3N2O4/c1-32-22(31)19-10-15-6-2-3-8-18(15)28(19)21(30)16-11-20(29)27(13-16)12-14-5-4-7-17(9-14)23(24,25)26/h2-9,16,19H,10-13H2,1H3. The molecule has 6 nitrogen and oxygen atoms in total. The van der Waals surface area contributed by atoms with Gasteiger partial charge in [0, 0.05) is 31.6 Å². The van der Waals surface area contributed by atoms with Gasteiger partial charge >= 0.3 is 12.1 Å². The Balaban J connectivity index is 1.52. The lowest BCUT2D eigenvalue weighted by molar-refractivity contribution is -0.143. The minimum absolute atomic E-state index is 0.0243. The molecule has 4 rings (SSSR count). The van der Waals surface area contributed by atoms with Gasteiger partial charge in [-0.3, -0.25) is 14.5 Å². The number of alkyl halides is 3. The molecule has 2 aliphatic heterocycles. The maximum Gasteiger partial charge on any atom is 0.416 e. The summed E-state index contributed by atoms with van der Waals surface area (Å²) >= 11 is 0. The zero-order valence-electron chi connectivity index (χ0n) is 17.3. The number of ether oxygens (including phenoxy) is 1. The number of likely N-dealkylation sites (tertiary alicyclic amines) is 1. The highest BCUT2D eigenvalue weighted by molar-refractivity contribution is 6.05. The molecule has 1 saturated heterocycles. The van der Waals surface area contributed by atoms with E-state index in [1.807, 2.05) is 12.1 Å². The van der Waals surface area contributed by atoms with Crippen LogP contribution >= 0.6 is 0 Å². The Morgan fingerprint density at radius 1 is 1.09 bits per heavy atom. The van der Waals surface area contributed by atoms with E-state index in [0.717, 1.165) is 17.7 Å². The number of anilines is 1. The minimum atomic E-state index is -4.48. The molecule has 0 bridgehead atoms. The molecule has 0 spiro atoms. The number of methoxy groups -OCH3 is 1. The van der Waals surface area contributed by atoms with Crippen molar-refractivity contribution in [1.82, 2.24) is 4.90 Å². The lowest BCUT2D eigenvalue weighted by atomic mass is 10.1. The van der Waals surface area contributed by atoms with Gasteiger partial charge in [0.05, 0.1) is 18.6 Å². The molecule has 2 amide bonds. The third kappa shape index (κ3) is 4.06. The molecule has 32 heavy (non-hydrogen) atoms. The third-order valence-corrected chi connectivity index (χ3v) is 5.88. The van der Waals surface area contributed by atoms with E-state index >= 15 is 0 Å². The van der Waals surface area contributed by atoms with Crippen molar-refractivity contribution in [3.05, 3.63) is 65.2 Å². The van der Waals surface area contributed by atoms with E-state index in [4.69, 9.17) is 4.74 Å². The van der Waals surface area contributed by atoms with Gasteiger partial charge in [-0.15, -0.1) is 0 Å². The van der Waals surface area contributed by atoms with Crippen molar-refractivity contribution < 1.29 is 32.3 Å². The van der Waals surface area contributed by atoms with E-state index in [1.165, 1.54) is 29.0 Å². The van der Waals surface area contributed by atoms with Crippen LogP contribution in [0.3, 0.4) is 0 Å². The Hall–Kier alpha value is -3.36. The average molecular weight is 446 g/mol. The van der Waals surface area contributed by atoms with Gasteiger partial charge in [0.15, 0.2) is 0 Å². The van der Waals surface area contributed by atoms with Crippen LogP contribution in [0.15, 0.2) is 48.5 Å². The number of para-hydroxylation sites is 1. The summed E-state index contributed by atoms with van der Waals surface area (Å²) in [6.45, 7) is 0.0457. The molecule has 0 saturated carbocycles. The number of amides is 2. The fraction of sp³-hybridized carbons (Fsp3) is 0.348. The first-order valence-electron chi connectivity index (χ1n) is 10.1. The summed E-state index contributed by atoms with van der Waals surface area (Å²) in [7, 11) is 1.25. The largest absolute Gasteiger partial charge is 0.467 e. The number of hydrogen-bond donors (Lipinski definition) is 0. The fourth-order valence-electron chi connectivity index (χ4n) is 4.34. The molecule has 0 radical (unpaired) electrons. The van der Waals surface area contributed by atoms with E-state index in [0.29, 0.717) is 17.7 Å². The van der Waals surface area contributed by atoms with Crippen molar-refractivity contribution in [2.45, 2.75) is 31.6 Å². The average Bonchev–Trinajstić information content (AvgIpc) is 3.33. The molecule has 9 heteroatoms. The molecule has 168 valence electrons. The van der Waals surface area contributed by atoms with Crippen LogP contribution in [-0.2, 0) is 38.3 Å². The maximum absolute atomic E-state index is 13.4. The van der Waals surface area contributed by atoms with Crippen LogP contribution < -0.4 is 4.90 Å². The highest BCUT2D eigenvalue weighted by Crippen LogP contribution is 2.36. The summed E-state index contributed by atoms with van der Waals surface area (Å²) in [4.78, 5) is 41.0. The van der Waals surface area contributed by atoms with Gasteiger partial charge < -0.3 is 9.64 Å². The Morgan fingerprint density at radius 3 is 2.56 bits per heavy atom. The summed E-state index contributed by atoms with van der Waals surface area (Å²) in [5.41, 5.74) is 0.988. The van der Waals surface area contributed by atoms with Gasteiger partial charge in [0.1, 0.15) is 6.04 Å². The summed E-state index contributed by atoms with van der Waals surface area (Å²) < 4.78 is 43.8. The predicted molar refractivity (Wildman–Crippen MR) is 108 cm³/mol. The van der Waals surface area contributed by atoms with Crippen molar-refractivity contribution in [1.29, 1.82) is 0 Å². The van der Waals surface area contributed by atoms with Gasteiger partial charge in [-0.05, 0) is 29.3 Å². The molecule has 0 N–H and O–H groups in total. The van der Waals surface area contributed by atoms with Gasteiger partial charge in [-0.2, -0.15) is 13.2 Å². The normalized spacial score (nSPS) is 20.4. The summed E-state index contributed by atoms with van der Waals surface area (Å²) in [6.07, 6.45) is -4.22. The Bertz CT molecular complexity index is 1070. The van der Waals surface area contributed by atoms with Crippen LogP contribution in [-0.4, -0.2) is 42.4 Å². The first kappa shape index (κ1) is 21.9. The second kappa shape index (κ2) is 8.29. The zero-order chi connectivity index (χ0) is 23.0. The molecular formula is C23H21F3N2O4. The van der Waals surface area contributed by atoms with E-state index in [2.05, 4.69) is 0 Å². The second-order valence-corrected chi connectivity index (χ2v) is 7.95. The molecule has 2 aliphatic rings. The smallest absolute Gasteiger partial charge is 0.416 e. The Kier molecular flexibility index (Phi) is 5.66. The van der Waals surface area contributed by atoms with Gasteiger partial charge in [0.25, 0.3) is 0 Å². The molecule has 2 unspecified atom stereocenters. The third-order valence-electron chi connectivity index (χ3n) is 5.88. The number of halogens is 3. The first-order valence-corrected chi connectivity index (χ1v) is 10.1.